The molecule has 1 unspecified atom stereocenters. The van der Waals surface area contributed by atoms with E-state index in [4.69, 9.17) is 11.6 Å². The number of carbonyl (C=O) groups is 1. The molecule has 1 atom stereocenters. The molecule has 1 N–H and O–H groups in total. The number of hydrogen-bond acceptors (Lipinski definition) is 5. The average Bonchev–Trinajstić information content (AvgIpc) is 2.84. The molecule has 0 aliphatic carbocycles. The van der Waals surface area contributed by atoms with Crippen molar-refractivity contribution in [2.24, 2.45) is 5.92 Å². The normalized spacial score (nSPS) is 15.3. The van der Waals surface area contributed by atoms with Crippen LogP contribution in [0, 0.1) is 5.92 Å². The maximum atomic E-state index is 12.4. The minimum absolute atomic E-state index is 0.0488. The van der Waals surface area contributed by atoms with Gasteiger partial charge in [0.25, 0.3) is 0 Å². The van der Waals surface area contributed by atoms with E-state index in [-0.39, 0.29) is 17.7 Å². The van der Waals surface area contributed by atoms with Crippen LogP contribution in [0.1, 0.15) is 36.9 Å². The fourth-order valence-electron chi connectivity index (χ4n) is 4.16. The van der Waals surface area contributed by atoms with E-state index in [2.05, 4.69) is 50.5 Å². The molecule has 2 aromatic carbocycles. The van der Waals surface area contributed by atoms with Crippen molar-refractivity contribution >= 4 is 35.1 Å². The van der Waals surface area contributed by atoms with E-state index in [1.165, 1.54) is 17.3 Å². The summed E-state index contributed by atoms with van der Waals surface area (Å²) in [5, 5.41) is 3.97. The van der Waals surface area contributed by atoms with Crippen LogP contribution in [0.3, 0.4) is 0 Å². The summed E-state index contributed by atoms with van der Waals surface area (Å²) in [6.07, 6.45) is 3.37. The summed E-state index contributed by atoms with van der Waals surface area (Å²) in [6.45, 7) is 3.88. The molecule has 5 nitrogen and oxygen atoms in total. The number of aromatic nitrogens is 2. The third-order valence-corrected chi connectivity index (χ3v) is 7.02. The van der Waals surface area contributed by atoms with Crippen molar-refractivity contribution in [3.8, 4) is 0 Å². The maximum Gasteiger partial charge on any atom is 0.230 e. The van der Waals surface area contributed by atoms with Gasteiger partial charge in [-0.2, -0.15) is 0 Å². The van der Waals surface area contributed by atoms with Crippen LogP contribution in [0.5, 0.6) is 0 Å². The van der Waals surface area contributed by atoms with Gasteiger partial charge in [-0.1, -0.05) is 84.0 Å². The highest BCUT2D eigenvalue weighted by Crippen LogP contribution is 2.27. The minimum Gasteiger partial charge on any atom is -0.356 e. The van der Waals surface area contributed by atoms with E-state index in [1.54, 1.807) is 0 Å². The summed E-state index contributed by atoms with van der Waals surface area (Å²) >= 11 is 7.61. The van der Waals surface area contributed by atoms with Gasteiger partial charge in [-0.15, -0.1) is 0 Å². The van der Waals surface area contributed by atoms with Crippen LogP contribution >= 0.6 is 23.4 Å². The van der Waals surface area contributed by atoms with Crippen molar-refractivity contribution in [3.05, 3.63) is 83.0 Å². The molecule has 172 valence electrons. The maximum absolute atomic E-state index is 12.4. The van der Waals surface area contributed by atoms with Gasteiger partial charge in [0.05, 0.1) is 11.8 Å². The number of piperidine rings is 1. The number of benzene rings is 2. The van der Waals surface area contributed by atoms with E-state index >= 15 is 0 Å². The predicted molar refractivity (Wildman–Crippen MR) is 136 cm³/mol. The zero-order valence-electron chi connectivity index (χ0n) is 18.8. The highest BCUT2D eigenvalue weighted by Gasteiger charge is 2.21. The van der Waals surface area contributed by atoms with Crippen LogP contribution in [0.25, 0.3) is 0 Å². The number of hydrogen-bond donors (Lipinski definition) is 1. The van der Waals surface area contributed by atoms with Gasteiger partial charge in [-0.05, 0) is 43.2 Å². The second-order valence-electron chi connectivity index (χ2n) is 8.44. The molecule has 0 radical (unpaired) electrons. The van der Waals surface area contributed by atoms with Gasteiger partial charge >= 0.3 is 0 Å². The highest BCUT2D eigenvalue weighted by atomic mass is 35.5. The fourth-order valence-corrected chi connectivity index (χ4v) is 5.06. The fraction of sp³-hybridized carbons (Fsp3) is 0.346. The van der Waals surface area contributed by atoms with Crippen molar-refractivity contribution in [2.45, 2.75) is 37.4 Å². The molecule has 0 saturated carbocycles. The lowest BCUT2D eigenvalue weighted by Crippen LogP contribution is -2.35. The Bertz CT molecular complexity index is 1040. The second kappa shape index (κ2) is 11.5. The molecule has 2 heterocycles. The first-order valence-corrected chi connectivity index (χ1v) is 12.7. The van der Waals surface area contributed by atoms with E-state index in [0.29, 0.717) is 16.2 Å². The Morgan fingerprint density at radius 2 is 1.76 bits per heavy atom. The number of thioether (sulfide) groups is 1. The molecule has 1 aromatic heterocycles. The Balaban J connectivity index is 1.29. The quantitative estimate of drug-likeness (QED) is 0.260. The molecule has 0 bridgehead atoms. The topological polar surface area (TPSA) is 58.1 Å². The summed E-state index contributed by atoms with van der Waals surface area (Å²) in [6, 6.07) is 22.4. The van der Waals surface area contributed by atoms with Crippen LogP contribution in [-0.2, 0) is 11.2 Å². The zero-order valence-corrected chi connectivity index (χ0v) is 20.4. The number of amides is 1. The number of carbonyl (C=O) groups excluding carboxylic acids is 1. The van der Waals surface area contributed by atoms with Crippen molar-refractivity contribution in [3.63, 3.8) is 0 Å². The van der Waals surface area contributed by atoms with Gasteiger partial charge in [-0.3, -0.25) is 4.79 Å². The number of nitrogens with zero attached hydrogens (tertiary/aromatic N) is 3. The predicted octanol–water partition coefficient (Wildman–Crippen LogP) is 5.56. The van der Waals surface area contributed by atoms with E-state index in [9.17, 15) is 4.79 Å². The van der Waals surface area contributed by atoms with Crippen LogP contribution in [0.4, 0.5) is 5.82 Å². The van der Waals surface area contributed by atoms with Crippen molar-refractivity contribution in [2.75, 3.05) is 23.7 Å². The first-order chi connectivity index (χ1) is 16.1. The zero-order chi connectivity index (χ0) is 23.0. The van der Waals surface area contributed by atoms with Gasteiger partial charge in [0, 0.05) is 19.2 Å². The number of halogens is 1. The largest absolute Gasteiger partial charge is 0.356 e. The van der Waals surface area contributed by atoms with Crippen molar-refractivity contribution in [1.29, 1.82) is 0 Å². The van der Waals surface area contributed by atoms with E-state index < -0.39 is 0 Å². The van der Waals surface area contributed by atoms with Gasteiger partial charge < -0.3 is 10.2 Å². The molecular formula is C26H29ClN4OS. The molecule has 0 spiro atoms. The highest BCUT2D eigenvalue weighted by molar-refractivity contribution is 7.99. The first kappa shape index (κ1) is 23.6. The number of nitrogens with one attached hydrogen (secondary N) is 1. The summed E-state index contributed by atoms with van der Waals surface area (Å²) in [7, 11) is 0. The van der Waals surface area contributed by atoms with Crippen LogP contribution in [0.15, 0.2) is 71.9 Å². The summed E-state index contributed by atoms with van der Waals surface area (Å²) in [4.78, 5) is 23.7. The van der Waals surface area contributed by atoms with Crippen LogP contribution < -0.4 is 10.2 Å². The summed E-state index contributed by atoms with van der Waals surface area (Å²) in [5.74, 6) is 1.72. The van der Waals surface area contributed by atoms with E-state index in [0.717, 1.165) is 43.7 Å². The minimum atomic E-state index is -0.0526. The molecule has 1 aliphatic rings. The molecule has 4 rings (SSSR count). The van der Waals surface area contributed by atoms with Crippen molar-refractivity contribution in [1.82, 2.24) is 15.3 Å². The van der Waals surface area contributed by atoms with Gasteiger partial charge in [0.15, 0.2) is 5.16 Å². The third-order valence-electron chi connectivity index (χ3n) is 5.98. The van der Waals surface area contributed by atoms with Gasteiger partial charge in [-0.25, -0.2) is 9.97 Å². The molecule has 33 heavy (non-hydrogen) atoms. The Kier molecular flexibility index (Phi) is 8.24. The van der Waals surface area contributed by atoms with Crippen molar-refractivity contribution < 1.29 is 4.79 Å². The smallest absolute Gasteiger partial charge is 0.230 e. The van der Waals surface area contributed by atoms with Crippen LogP contribution in [-0.4, -0.2) is 34.7 Å². The number of rotatable bonds is 8. The molecule has 1 fully saturated rings. The molecule has 1 saturated heterocycles. The summed E-state index contributed by atoms with van der Waals surface area (Å²) in [5.41, 5.74) is 2.48. The lowest BCUT2D eigenvalue weighted by atomic mass is 9.90. The molecule has 1 amide bonds. The Morgan fingerprint density at radius 3 is 2.45 bits per heavy atom. The Hall–Kier alpha value is -2.57. The first-order valence-electron chi connectivity index (χ1n) is 11.4. The molecule has 3 aromatic rings. The third kappa shape index (κ3) is 6.95. The number of anilines is 1. The van der Waals surface area contributed by atoms with E-state index in [1.807, 2.05) is 43.3 Å². The van der Waals surface area contributed by atoms with Gasteiger partial charge in [0.1, 0.15) is 11.0 Å². The van der Waals surface area contributed by atoms with Gasteiger partial charge in [0.2, 0.25) is 5.91 Å². The lowest BCUT2D eigenvalue weighted by Gasteiger charge is -2.33. The second-order valence-corrected chi connectivity index (χ2v) is 9.77. The SMILES string of the molecule is CC(NC(=O)CSc1nc(Cl)cc(N2CCC(Cc3ccccc3)CC2)n1)c1ccccc1. The standard InChI is InChI=1S/C26H29ClN4OS/c1-19(22-10-6-3-7-11-22)28-25(32)18-33-26-29-23(27)17-24(30-26)31-14-12-21(13-15-31)16-20-8-4-2-5-9-20/h2-11,17,19,21H,12-16,18H2,1H3,(H,28,32). The molecule has 7 heteroatoms. The lowest BCUT2D eigenvalue weighted by molar-refractivity contribution is -0.119. The monoisotopic (exact) mass is 480 g/mol. The Morgan fingerprint density at radius 1 is 1.09 bits per heavy atom. The Labute approximate surface area is 205 Å². The molecule has 1 aliphatic heterocycles. The average molecular weight is 481 g/mol. The summed E-state index contributed by atoms with van der Waals surface area (Å²) < 4.78 is 0. The van der Waals surface area contributed by atoms with Crippen LogP contribution in [0.2, 0.25) is 5.15 Å². The molecular weight excluding hydrogens is 452 g/mol.